The molecule has 0 aliphatic carbocycles. The number of oxazole rings is 1. The summed E-state index contributed by atoms with van der Waals surface area (Å²) in [5, 5.41) is 8.46. The third-order valence-electron chi connectivity index (χ3n) is 3.47. The predicted octanol–water partition coefficient (Wildman–Crippen LogP) is 4.64. The van der Waals surface area contributed by atoms with Gasteiger partial charge in [-0.2, -0.15) is 10.2 Å². The maximum Gasteiger partial charge on any atom is 0.181 e. The Bertz CT molecular complexity index is 812. The van der Waals surface area contributed by atoms with Crippen LogP contribution < -0.4 is 9.47 Å². The standard InChI is InChI=1S/C18H17N3O3/c1-22-16-8-3-13(9-17(16)23-2)10-20-21-15-6-4-14(5-7-15)18-11-19-12-24-18/h3-9,11-12H,10H2,1-2H3. The maximum atomic E-state index is 5.28. The van der Waals surface area contributed by atoms with Crippen molar-refractivity contribution < 1.29 is 13.9 Å². The minimum absolute atomic E-state index is 0.463. The summed E-state index contributed by atoms with van der Waals surface area (Å²) in [6, 6.07) is 13.3. The van der Waals surface area contributed by atoms with Crippen LogP contribution in [0.3, 0.4) is 0 Å². The Labute approximate surface area is 139 Å². The van der Waals surface area contributed by atoms with Crippen LogP contribution >= 0.6 is 0 Å². The molecule has 2 aromatic carbocycles. The van der Waals surface area contributed by atoms with Gasteiger partial charge in [-0.25, -0.2) is 4.98 Å². The second-order valence-electron chi connectivity index (χ2n) is 5.00. The predicted molar refractivity (Wildman–Crippen MR) is 89.7 cm³/mol. The Morgan fingerprint density at radius 2 is 1.79 bits per heavy atom. The first-order chi connectivity index (χ1) is 11.8. The Balaban J connectivity index is 1.66. The summed E-state index contributed by atoms with van der Waals surface area (Å²) < 4.78 is 15.7. The van der Waals surface area contributed by atoms with Crippen molar-refractivity contribution in [3.63, 3.8) is 0 Å². The molecule has 3 aromatic rings. The van der Waals surface area contributed by atoms with Crippen LogP contribution in [0.1, 0.15) is 5.56 Å². The van der Waals surface area contributed by atoms with Crippen molar-refractivity contribution in [2.75, 3.05) is 14.2 Å². The third kappa shape index (κ3) is 3.60. The first-order valence-corrected chi connectivity index (χ1v) is 7.37. The summed E-state index contributed by atoms with van der Waals surface area (Å²) in [5.74, 6) is 2.10. The summed E-state index contributed by atoms with van der Waals surface area (Å²) in [6.07, 6.45) is 3.08. The van der Waals surface area contributed by atoms with E-state index in [0.717, 1.165) is 22.6 Å². The van der Waals surface area contributed by atoms with Crippen molar-refractivity contribution >= 4 is 5.69 Å². The summed E-state index contributed by atoms with van der Waals surface area (Å²) >= 11 is 0. The van der Waals surface area contributed by atoms with Gasteiger partial charge in [0.1, 0.15) is 0 Å². The summed E-state index contributed by atoms with van der Waals surface area (Å²) in [5.41, 5.74) is 2.72. The number of hydrogen-bond donors (Lipinski definition) is 0. The van der Waals surface area contributed by atoms with Gasteiger partial charge in [0.15, 0.2) is 23.7 Å². The molecule has 1 aromatic heterocycles. The van der Waals surface area contributed by atoms with E-state index >= 15 is 0 Å². The van der Waals surface area contributed by atoms with Gasteiger partial charge in [0, 0.05) is 5.56 Å². The zero-order valence-corrected chi connectivity index (χ0v) is 13.5. The van der Waals surface area contributed by atoms with Crippen LogP contribution in [0.25, 0.3) is 11.3 Å². The molecular weight excluding hydrogens is 306 g/mol. The zero-order valence-electron chi connectivity index (χ0n) is 13.5. The van der Waals surface area contributed by atoms with Crippen molar-refractivity contribution in [2.45, 2.75) is 6.54 Å². The van der Waals surface area contributed by atoms with Crippen LogP contribution in [0.15, 0.2) is 69.7 Å². The first kappa shape index (κ1) is 15.7. The molecule has 6 nitrogen and oxygen atoms in total. The third-order valence-corrected chi connectivity index (χ3v) is 3.47. The van der Waals surface area contributed by atoms with Crippen molar-refractivity contribution in [3.8, 4) is 22.8 Å². The van der Waals surface area contributed by atoms with Crippen LogP contribution in [-0.2, 0) is 6.54 Å². The quantitative estimate of drug-likeness (QED) is 0.619. The van der Waals surface area contributed by atoms with Gasteiger partial charge >= 0.3 is 0 Å². The molecule has 0 aliphatic heterocycles. The Hall–Kier alpha value is -3.15. The summed E-state index contributed by atoms with van der Waals surface area (Å²) in [4.78, 5) is 3.90. The average Bonchev–Trinajstić information content (AvgIpc) is 3.17. The maximum absolute atomic E-state index is 5.28. The first-order valence-electron chi connectivity index (χ1n) is 7.37. The minimum Gasteiger partial charge on any atom is -0.493 e. The molecule has 0 saturated heterocycles. The van der Waals surface area contributed by atoms with E-state index in [1.807, 2.05) is 42.5 Å². The molecule has 0 amide bonds. The largest absolute Gasteiger partial charge is 0.493 e. The Morgan fingerprint density at radius 3 is 2.46 bits per heavy atom. The van der Waals surface area contributed by atoms with E-state index in [9.17, 15) is 0 Å². The number of benzene rings is 2. The molecule has 6 heteroatoms. The van der Waals surface area contributed by atoms with Crippen LogP contribution in [0.4, 0.5) is 5.69 Å². The smallest absolute Gasteiger partial charge is 0.181 e. The number of hydrogen-bond acceptors (Lipinski definition) is 6. The number of methoxy groups -OCH3 is 2. The molecule has 0 radical (unpaired) electrons. The van der Waals surface area contributed by atoms with E-state index < -0.39 is 0 Å². The van der Waals surface area contributed by atoms with Gasteiger partial charge in [-0.3, -0.25) is 0 Å². The Morgan fingerprint density at radius 1 is 1.00 bits per heavy atom. The van der Waals surface area contributed by atoms with E-state index in [-0.39, 0.29) is 0 Å². The zero-order chi connectivity index (χ0) is 16.8. The van der Waals surface area contributed by atoms with Crippen LogP contribution in [0, 0.1) is 0 Å². The van der Waals surface area contributed by atoms with E-state index in [4.69, 9.17) is 13.9 Å². The van der Waals surface area contributed by atoms with E-state index in [1.165, 1.54) is 6.39 Å². The molecule has 0 aliphatic rings. The fourth-order valence-corrected chi connectivity index (χ4v) is 2.23. The molecule has 0 spiro atoms. The minimum atomic E-state index is 0.463. The van der Waals surface area contributed by atoms with Crippen molar-refractivity contribution in [3.05, 3.63) is 60.6 Å². The lowest BCUT2D eigenvalue weighted by Gasteiger charge is -2.08. The van der Waals surface area contributed by atoms with Crippen molar-refractivity contribution in [1.29, 1.82) is 0 Å². The second kappa shape index (κ2) is 7.41. The van der Waals surface area contributed by atoms with Gasteiger partial charge in [0.2, 0.25) is 0 Å². The lowest BCUT2D eigenvalue weighted by atomic mass is 10.2. The number of nitrogens with zero attached hydrogens (tertiary/aromatic N) is 3. The van der Waals surface area contributed by atoms with Gasteiger partial charge in [-0.1, -0.05) is 6.07 Å². The van der Waals surface area contributed by atoms with Gasteiger partial charge in [0.05, 0.1) is 32.6 Å². The van der Waals surface area contributed by atoms with Crippen LogP contribution in [0.5, 0.6) is 11.5 Å². The second-order valence-corrected chi connectivity index (χ2v) is 5.00. The van der Waals surface area contributed by atoms with Crippen LogP contribution in [0.2, 0.25) is 0 Å². The van der Waals surface area contributed by atoms with E-state index in [1.54, 1.807) is 20.4 Å². The van der Waals surface area contributed by atoms with Gasteiger partial charge in [-0.05, 0) is 42.0 Å². The van der Waals surface area contributed by atoms with Crippen molar-refractivity contribution in [1.82, 2.24) is 4.98 Å². The molecule has 0 N–H and O–H groups in total. The highest BCUT2D eigenvalue weighted by atomic mass is 16.5. The van der Waals surface area contributed by atoms with Crippen molar-refractivity contribution in [2.24, 2.45) is 10.2 Å². The molecule has 122 valence electrons. The molecule has 0 saturated carbocycles. The fraction of sp³-hybridized carbons (Fsp3) is 0.167. The molecule has 3 rings (SSSR count). The monoisotopic (exact) mass is 323 g/mol. The molecule has 1 heterocycles. The number of azo groups is 1. The van der Waals surface area contributed by atoms with Gasteiger partial charge < -0.3 is 13.9 Å². The molecular formula is C18H17N3O3. The van der Waals surface area contributed by atoms with E-state index in [0.29, 0.717) is 18.0 Å². The molecule has 0 bridgehead atoms. The highest BCUT2D eigenvalue weighted by Gasteiger charge is 2.04. The number of rotatable bonds is 6. The average molecular weight is 323 g/mol. The SMILES string of the molecule is COc1ccc(CN=Nc2ccc(-c3cnco3)cc2)cc1OC. The van der Waals surface area contributed by atoms with Gasteiger partial charge in [0.25, 0.3) is 0 Å². The summed E-state index contributed by atoms with van der Waals surface area (Å²) in [6.45, 7) is 0.463. The highest BCUT2D eigenvalue weighted by molar-refractivity contribution is 5.59. The number of ether oxygens (including phenoxy) is 2. The Kier molecular flexibility index (Phi) is 4.86. The molecule has 0 atom stereocenters. The normalized spacial score (nSPS) is 10.9. The topological polar surface area (TPSA) is 69.2 Å². The molecule has 24 heavy (non-hydrogen) atoms. The lowest BCUT2D eigenvalue weighted by Crippen LogP contribution is -1.91. The highest BCUT2D eigenvalue weighted by Crippen LogP contribution is 2.28. The molecule has 0 unspecified atom stereocenters. The van der Waals surface area contributed by atoms with Crippen LogP contribution in [-0.4, -0.2) is 19.2 Å². The fourth-order valence-electron chi connectivity index (χ4n) is 2.23. The van der Waals surface area contributed by atoms with E-state index in [2.05, 4.69) is 15.2 Å². The number of aromatic nitrogens is 1. The summed E-state index contributed by atoms with van der Waals surface area (Å²) in [7, 11) is 3.22. The lowest BCUT2D eigenvalue weighted by molar-refractivity contribution is 0.354. The molecule has 0 fully saturated rings. The van der Waals surface area contributed by atoms with Gasteiger partial charge in [-0.15, -0.1) is 0 Å².